The third kappa shape index (κ3) is 3.41. The van der Waals surface area contributed by atoms with Crippen LogP contribution in [0.4, 0.5) is 0 Å². The zero-order chi connectivity index (χ0) is 14.7. The van der Waals surface area contributed by atoms with E-state index in [4.69, 9.17) is 18.9 Å². The Balaban J connectivity index is 1.63. The molecule has 1 aromatic carbocycles. The first kappa shape index (κ1) is 14.5. The monoisotopic (exact) mass is 293 g/mol. The van der Waals surface area contributed by atoms with Gasteiger partial charge in [0.2, 0.25) is 6.79 Å². The molecular formula is C16H23NO4. The fourth-order valence-corrected chi connectivity index (χ4v) is 2.62. The third-order valence-corrected chi connectivity index (χ3v) is 3.90. The van der Waals surface area contributed by atoms with Gasteiger partial charge in [0.15, 0.2) is 11.5 Å². The fraction of sp³-hybridized carbons (Fsp3) is 0.625. The summed E-state index contributed by atoms with van der Waals surface area (Å²) in [5.41, 5.74) is 1.17. The van der Waals surface area contributed by atoms with Gasteiger partial charge in [-0.15, -0.1) is 0 Å². The third-order valence-electron chi connectivity index (χ3n) is 3.90. The van der Waals surface area contributed by atoms with Crippen LogP contribution in [-0.4, -0.2) is 51.1 Å². The van der Waals surface area contributed by atoms with Crippen LogP contribution in [0, 0.1) is 0 Å². The highest BCUT2D eigenvalue weighted by Crippen LogP contribution is 2.40. The van der Waals surface area contributed by atoms with Gasteiger partial charge in [-0.2, -0.15) is 0 Å². The van der Waals surface area contributed by atoms with Gasteiger partial charge in [0.05, 0.1) is 13.2 Å². The van der Waals surface area contributed by atoms with Gasteiger partial charge in [-0.3, -0.25) is 4.90 Å². The molecule has 0 N–H and O–H groups in total. The zero-order valence-corrected chi connectivity index (χ0v) is 12.8. The summed E-state index contributed by atoms with van der Waals surface area (Å²) in [7, 11) is 0. The van der Waals surface area contributed by atoms with E-state index in [9.17, 15) is 0 Å². The Kier molecular flexibility index (Phi) is 4.51. The lowest BCUT2D eigenvalue weighted by atomic mass is 10.0. The Labute approximate surface area is 125 Å². The van der Waals surface area contributed by atoms with Crippen molar-refractivity contribution >= 4 is 0 Å². The Bertz CT molecular complexity index is 483. The van der Waals surface area contributed by atoms with Gasteiger partial charge in [-0.25, -0.2) is 0 Å². The molecule has 1 fully saturated rings. The summed E-state index contributed by atoms with van der Waals surface area (Å²) < 4.78 is 22.2. The second kappa shape index (κ2) is 6.54. The van der Waals surface area contributed by atoms with Gasteiger partial charge in [0.25, 0.3) is 0 Å². The summed E-state index contributed by atoms with van der Waals surface area (Å²) in [6.07, 6.45) is 0. The highest BCUT2D eigenvalue weighted by atomic mass is 16.7. The van der Waals surface area contributed by atoms with Crippen molar-refractivity contribution in [3.63, 3.8) is 0 Å². The SMILES string of the molecule is CC(C)c1cc2c(cc1OCCN1CCOCC1)OCO2. The second-order valence-electron chi connectivity index (χ2n) is 5.70. The fourth-order valence-electron chi connectivity index (χ4n) is 2.62. The molecular weight excluding hydrogens is 270 g/mol. The highest BCUT2D eigenvalue weighted by molar-refractivity contribution is 5.52. The summed E-state index contributed by atoms with van der Waals surface area (Å²) >= 11 is 0. The minimum Gasteiger partial charge on any atom is -0.492 e. The Morgan fingerprint density at radius 3 is 2.57 bits per heavy atom. The number of morpholine rings is 1. The molecule has 0 spiro atoms. The molecule has 0 atom stereocenters. The smallest absolute Gasteiger partial charge is 0.231 e. The van der Waals surface area contributed by atoms with Crippen LogP contribution in [0.1, 0.15) is 25.3 Å². The molecule has 2 heterocycles. The first-order chi connectivity index (χ1) is 10.2. The lowest BCUT2D eigenvalue weighted by molar-refractivity contribution is 0.0322. The van der Waals surface area contributed by atoms with Gasteiger partial charge in [0, 0.05) is 31.3 Å². The van der Waals surface area contributed by atoms with Crippen molar-refractivity contribution in [1.82, 2.24) is 4.90 Å². The maximum absolute atomic E-state index is 6.01. The van der Waals surface area contributed by atoms with Crippen molar-refractivity contribution in [2.24, 2.45) is 0 Å². The van der Waals surface area contributed by atoms with E-state index in [0.29, 0.717) is 19.3 Å². The van der Waals surface area contributed by atoms with Crippen molar-refractivity contribution in [2.45, 2.75) is 19.8 Å². The van der Waals surface area contributed by atoms with Crippen molar-refractivity contribution < 1.29 is 18.9 Å². The number of benzene rings is 1. The predicted octanol–water partition coefficient (Wildman–Crippen LogP) is 2.25. The first-order valence-corrected chi connectivity index (χ1v) is 7.60. The van der Waals surface area contributed by atoms with Crippen molar-refractivity contribution in [3.05, 3.63) is 17.7 Å². The largest absolute Gasteiger partial charge is 0.492 e. The molecule has 0 unspecified atom stereocenters. The Morgan fingerprint density at radius 2 is 1.86 bits per heavy atom. The number of fused-ring (bicyclic) bond motifs is 1. The molecule has 2 aliphatic heterocycles. The Hall–Kier alpha value is -1.46. The van der Waals surface area contributed by atoms with E-state index in [2.05, 4.69) is 18.7 Å². The maximum atomic E-state index is 6.01. The van der Waals surface area contributed by atoms with Gasteiger partial charge in [-0.1, -0.05) is 13.8 Å². The van der Waals surface area contributed by atoms with Crippen LogP contribution >= 0.6 is 0 Å². The zero-order valence-electron chi connectivity index (χ0n) is 12.8. The van der Waals surface area contributed by atoms with E-state index in [1.54, 1.807) is 0 Å². The van der Waals surface area contributed by atoms with Crippen molar-refractivity contribution in [3.8, 4) is 17.2 Å². The molecule has 0 aromatic heterocycles. The normalized spacial score (nSPS) is 18.2. The molecule has 2 aliphatic rings. The Morgan fingerprint density at radius 1 is 1.14 bits per heavy atom. The minimum absolute atomic E-state index is 0.296. The minimum atomic E-state index is 0.296. The van der Waals surface area contributed by atoms with Crippen LogP contribution in [0.5, 0.6) is 17.2 Å². The van der Waals surface area contributed by atoms with Gasteiger partial charge in [0.1, 0.15) is 12.4 Å². The van der Waals surface area contributed by atoms with Crippen LogP contribution in [0.15, 0.2) is 12.1 Å². The van der Waals surface area contributed by atoms with Gasteiger partial charge >= 0.3 is 0 Å². The highest BCUT2D eigenvalue weighted by Gasteiger charge is 2.20. The molecule has 1 saturated heterocycles. The quantitative estimate of drug-likeness (QED) is 0.833. The number of hydrogen-bond donors (Lipinski definition) is 0. The number of nitrogens with zero attached hydrogens (tertiary/aromatic N) is 1. The molecule has 116 valence electrons. The molecule has 5 nitrogen and oxygen atoms in total. The number of rotatable bonds is 5. The van der Waals surface area contributed by atoms with Crippen LogP contribution in [0.25, 0.3) is 0 Å². The van der Waals surface area contributed by atoms with Crippen LogP contribution < -0.4 is 14.2 Å². The topological polar surface area (TPSA) is 40.2 Å². The average Bonchev–Trinajstić information content (AvgIpc) is 2.94. The van der Waals surface area contributed by atoms with Crippen LogP contribution in [0.2, 0.25) is 0 Å². The number of ether oxygens (including phenoxy) is 4. The molecule has 5 heteroatoms. The van der Waals surface area contributed by atoms with Crippen molar-refractivity contribution in [1.29, 1.82) is 0 Å². The lowest BCUT2D eigenvalue weighted by Gasteiger charge is -2.26. The summed E-state index contributed by atoms with van der Waals surface area (Å²) in [5.74, 6) is 2.89. The molecule has 0 bridgehead atoms. The van der Waals surface area contributed by atoms with Crippen molar-refractivity contribution in [2.75, 3.05) is 46.2 Å². The molecule has 0 aliphatic carbocycles. The van der Waals surface area contributed by atoms with E-state index >= 15 is 0 Å². The van der Waals surface area contributed by atoms with Crippen LogP contribution in [-0.2, 0) is 4.74 Å². The van der Waals surface area contributed by atoms with Gasteiger partial charge in [-0.05, 0) is 12.0 Å². The molecule has 0 amide bonds. The van der Waals surface area contributed by atoms with E-state index < -0.39 is 0 Å². The van der Waals surface area contributed by atoms with Crippen LogP contribution in [0.3, 0.4) is 0 Å². The second-order valence-corrected chi connectivity index (χ2v) is 5.70. The molecule has 0 saturated carbocycles. The van der Waals surface area contributed by atoms with E-state index in [-0.39, 0.29) is 0 Å². The average molecular weight is 293 g/mol. The molecule has 0 radical (unpaired) electrons. The number of hydrogen-bond acceptors (Lipinski definition) is 5. The molecule has 3 rings (SSSR count). The summed E-state index contributed by atoms with van der Waals surface area (Å²) in [6.45, 7) is 9.84. The van der Waals surface area contributed by atoms with E-state index in [1.807, 2.05) is 12.1 Å². The summed E-state index contributed by atoms with van der Waals surface area (Å²) in [4.78, 5) is 2.37. The summed E-state index contributed by atoms with van der Waals surface area (Å²) in [6, 6.07) is 3.99. The first-order valence-electron chi connectivity index (χ1n) is 7.60. The van der Waals surface area contributed by atoms with Gasteiger partial charge < -0.3 is 18.9 Å². The van der Waals surface area contributed by atoms with E-state index in [1.165, 1.54) is 5.56 Å². The molecule has 1 aromatic rings. The maximum Gasteiger partial charge on any atom is 0.231 e. The predicted molar refractivity (Wildman–Crippen MR) is 79.4 cm³/mol. The molecule has 21 heavy (non-hydrogen) atoms. The lowest BCUT2D eigenvalue weighted by Crippen LogP contribution is -2.38. The van der Waals surface area contributed by atoms with E-state index in [0.717, 1.165) is 50.1 Å². The standard InChI is InChI=1S/C16H23NO4/c1-12(2)13-9-15-16(21-11-20-15)10-14(13)19-8-5-17-3-6-18-7-4-17/h9-10,12H,3-8,11H2,1-2H3. The summed E-state index contributed by atoms with van der Waals surface area (Å²) in [5, 5.41) is 0.